The molecule has 0 radical (unpaired) electrons. The fourth-order valence-corrected chi connectivity index (χ4v) is 1.31. The van der Waals surface area contributed by atoms with Gasteiger partial charge in [0.05, 0.1) is 6.61 Å². The van der Waals surface area contributed by atoms with E-state index in [1.165, 1.54) is 0 Å². The Morgan fingerprint density at radius 3 is 3.00 bits per heavy atom. The molecule has 0 spiro atoms. The van der Waals surface area contributed by atoms with Crippen LogP contribution in [0.1, 0.15) is 19.2 Å². The number of rotatable bonds is 6. The van der Waals surface area contributed by atoms with Crippen molar-refractivity contribution in [1.29, 1.82) is 0 Å². The molecule has 0 atom stereocenters. The van der Waals surface area contributed by atoms with Crippen molar-refractivity contribution in [3.63, 3.8) is 0 Å². The van der Waals surface area contributed by atoms with Gasteiger partial charge in [-0.3, -0.25) is 0 Å². The molecule has 0 bridgehead atoms. The lowest BCUT2D eigenvalue weighted by Gasteiger charge is -2.04. The number of carboxylic acids is 1. The van der Waals surface area contributed by atoms with Gasteiger partial charge in [0.25, 0.3) is 0 Å². The number of carbonyl (C=O) groups is 1. The molecule has 0 amide bonds. The summed E-state index contributed by atoms with van der Waals surface area (Å²) in [7, 11) is 1.63. The average Bonchev–Trinajstić information content (AvgIpc) is 2.69. The maximum absolute atomic E-state index is 10.9. The summed E-state index contributed by atoms with van der Waals surface area (Å²) in [6.45, 7) is 3.05. The monoisotopic (exact) mass is 224 g/mol. The molecule has 1 aromatic rings. The van der Waals surface area contributed by atoms with Gasteiger partial charge in [-0.1, -0.05) is 6.92 Å². The summed E-state index contributed by atoms with van der Waals surface area (Å²) in [6.07, 6.45) is 5.53. The van der Waals surface area contributed by atoms with Crippen molar-refractivity contribution in [3.8, 4) is 0 Å². The maximum Gasteiger partial charge on any atom is 0.331 e. The predicted octanol–water partition coefficient (Wildman–Crippen LogP) is 1.41. The van der Waals surface area contributed by atoms with Crippen molar-refractivity contribution < 1.29 is 14.6 Å². The van der Waals surface area contributed by atoms with Crippen molar-refractivity contribution in [2.45, 2.75) is 19.9 Å². The molecule has 0 aliphatic carbocycles. The van der Waals surface area contributed by atoms with Gasteiger partial charge in [0.1, 0.15) is 5.82 Å². The molecule has 0 fully saturated rings. The van der Waals surface area contributed by atoms with E-state index < -0.39 is 5.97 Å². The summed E-state index contributed by atoms with van der Waals surface area (Å²) < 4.78 is 6.83. The molecule has 0 saturated carbocycles. The van der Waals surface area contributed by atoms with Crippen molar-refractivity contribution in [2.24, 2.45) is 0 Å². The van der Waals surface area contributed by atoms with E-state index in [4.69, 9.17) is 9.84 Å². The molecule has 0 saturated heterocycles. The first kappa shape index (κ1) is 12.4. The third-order valence-corrected chi connectivity index (χ3v) is 2.24. The molecule has 0 unspecified atom stereocenters. The quantitative estimate of drug-likeness (QED) is 0.742. The van der Waals surface area contributed by atoms with Gasteiger partial charge >= 0.3 is 5.97 Å². The van der Waals surface area contributed by atoms with E-state index in [9.17, 15) is 4.79 Å². The van der Waals surface area contributed by atoms with Crippen molar-refractivity contribution in [3.05, 3.63) is 23.8 Å². The smallest absolute Gasteiger partial charge is 0.331 e. The van der Waals surface area contributed by atoms with Crippen LogP contribution in [0.2, 0.25) is 0 Å². The third kappa shape index (κ3) is 3.20. The molecule has 88 valence electrons. The van der Waals surface area contributed by atoms with Gasteiger partial charge in [-0.05, 0) is 12.5 Å². The summed E-state index contributed by atoms with van der Waals surface area (Å²) >= 11 is 0. The highest BCUT2D eigenvalue weighted by Crippen LogP contribution is 2.08. The van der Waals surface area contributed by atoms with Crippen LogP contribution in [-0.4, -0.2) is 34.3 Å². The highest BCUT2D eigenvalue weighted by Gasteiger charge is 2.07. The highest BCUT2D eigenvalue weighted by molar-refractivity contribution is 5.91. The van der Waals surface area contributed by atoms with Crippen molar-refractivity contribution in [1.82, 2.24) is 9.55 Å². The van der Waals surface area contributed by atoms with Crippen LogP contribution >= 0.6 is 0 Å². The first-order chi connectivity index (χ1) is 7.69. The first-order valence-corrected chi connectivity index (χ1v) is 5.13. The Morgan fingerprint density at radius 2 is 2.44 bits per heavy atom. The molecule has 1 aromatic heterocycles. The second-order valence-corrected chi connectivity index (χ2v) is 3.30. The Kier molecular flexibility index (Phi) is 4.72. The summed E-state index contributed by atoms with van der Waals surface area (Å²) in [5.41, 5.74) is 0.352. The minimum atomic E-state index is -0.899. The molecular formula is C11H16N2O3. The van der Waals surface area contributed by atoms with Crippen LogP contribution in [0.5, 0.6) is 0 Å². The second-order valence-electron chi connectivity index (χ2n) is 3.30. The Hall–Kier alpha value is -1.62. The minimum Gasteiger partial charge on any atom is -0.478 e. The number of aromatic nitrogens is 2. The van der Waals surface area contributed by atoms with E-state index in [2.05, 4.69) is 4.98 Å². The summed E-state index contributed by atoms with van der Waals surface area (Å²) in [4.78, 5) is 15.0. The topological polar surface area (TPSA) is 64.4 Å². The number of methoxy groups -OCH3 is 1. The number of hydrogen-bond acceptors (Lipinski definition) is 3. The van der Waals surface area contributed by atoms with Crippen molar-refractivity contribution >= 4 is 12.0 Å². The summed E-state index contributed by atoms with van der Waals surface area (Å²) in [6, 6.07) is 0. The highest BCUT2D eigenvalue weighted by atomic mass is 16.5. The zero-order chi connectivity index (χ0) is 12.0. The standard InChI is InChI=1S/C11H16N2O3/c1-3-9(11(14)15)8-10-12-4-5-13(10)6-7-16-2/h4-5,8H,3,6-7H2,1-2H3,(H,14,15)/b9-8+. The van der Waals surface area contributed by atoms with Crippen LogP contribution in [0.3, 0.4) is 0 Å². The molecule has 5 heteroatoms. The van der Waals surface area contributed by atoms with Gasteiger partial charge in [0, 0.05) is 31.6 Å². The third-order valence-electron chi connectivity index (χ3n) is 2.24. The number of imidazole rings is 1. The summed E-state index contributed by atoms with van der Waals surface area (Å²) in [5, 5.41) is 8.91. The molecule has 0 aliphatic heterocycles. The Labute approximate surface area is 94.4 Å². The van der Waals surface area contributed by atoms with Crippen LogP contribution in [0.4, 0.5) is 0 Å². The molecular weight excluding hydrogens is 208 g/mol. The summed E-state index contributed by atoms with van der Waals surface area (Å²) in [5.74, 6) is -0.250. The lowest BCUT2D eigenvalue weighted by atomic mass is 10.2. The van der Waals surface area contributed by atoms with Crippen LogP contribution in [0.25, 0.3) is 6.08 Å². The fraction of sp³-hybridized carbons (Fsp3) is 0.455. The van der Waals surface area contributed by atoms with Gasteiger partial charge in [-0.25, -0.2) is 9.78 Å². The van der Waals surface area contributed by atoms with Crippen LogP contribution < -0.4 is 0 Å². The number of hydrogen-bond donors (Lipinski definition) is 1. The number of nitrogens with zero attached hydrogens (tertiary/aromatic N) is 2. The van der Waals surface area contributed by atoms with Gasteiger partial charge in [0.2, 0.25) is 0 Å². The second kappa shape index (κ2) is 6.07. The van der Waals surface area contributed by atoms with Gasteiger partial charge in [0.15, 0.2) is 0 Å². The van der Waals surface area contributed by atoms with E-state index in [0.29, 0.717) is 31.0 Å². The number of carboxylic acid groups (broad SMARTS) is 1. The number of aliphatic carboxylic acids is 1. The molecule has 0 aliphatic rings. The van der Waals surface area contributed by atoms with Gasteiger partial charge < -0.3 is 14.4 Å². The van der Waals surface area contributed by atoms with E-state index >= 15 is 0 Å². The molecule has 1 N–H and O–H groups in total. The minimum absolute atomic E-state index is 0.352. The van der Waals surface area contributed by atoms with Crippen LogP contribution in [0, 0.1) is 0 Å². The fourth-order valence-electron chi connectivity index (χ4n) is 1.31. The molecule has 0 aromatic carbocycles. The lowest BCUT2D eigenvalue weighted by Crippen LogP contribution is -2.06. The lowest BCUT2D eigenvalue weighted by molar-refractivity contribution is -0.132. The zero-order valence-corrected chi connectivity index (χ0v) is 9.51. The first-order valence-electron chi connectivity index (χ1n) is 5.13. The van der Waals surface area contributed by atoms with E-state index in [0.717, 1.165) is 0 Å². The predicted molar refractivity (Wildman–Crippen MR) is 60.0 cm³/mol. The van der Waals surface area contributed by atoms with Crippen LogP contribution in [-0.2, 0) is 16.1 Å². The normalized spacial score (nSPS) is 11.8. The zero-order valence-electron chi connectivity index (χ0n) is 9.51. The van der Waals surface area contributed by atoms with Gasteiger partial charge in [-0.15, -0.1) is 0 Å². The largest absolute Gasteiger partial charge is 0.478 e. The van der Waals surface area contributed by atoms with Gasteiger partial charge in [-0.2, -0.15) is 0 Å². The maximum atomic E-state index is 10.9. The van der Waals surface area contributed by atoms with Crippen molar-refractivity contribution in [2.75, 3.05) is 13.7 Å². The molecule has 16 heavy (non-hydrogen) atoms. The Morgan fingerprint density at radius 1 is 1.69 bits per heavy atom. The van der Waals surface area contributed by atoms with Crippen LogP contribution in [0.15, 0.2) is 18.0 Å². The molecule has 1 heterocycles. The van der Waals surface area contributed by atoms with E-state index in [-0.39, 0.29) is 0 Å². The van der Waals surface area contributed by atoms with E-state index in [1.807, 2.05) is 11.5 Å². The SMILES string of the molecule is CC/C(=C\c1nccn1CCOC)C(=O)O. The Bertz CT molecular complexity index is 382. The number of ether oxygens (including phenoxy) is 1. The molecule has 5 nitrogen and oxygen atoms in total. The van der Waals surface area contributed by atoms with E-state index in [1.54, 1.807) is 25.6 Å². The Balaban J connectivity index is 2.86. The average molecular weight is 224 g/mol. The molecule has 1 rings (SSSR count).